The minimum absolute atomic E-state index is 0.0137. The topological polar surface area (TPSA) is 44.1 Å². The van der Waals surface area contributed by atoms with Crippen molar-refractivity contribution in [2.24, 2.45) is 0 Å². The SMILES string of the molecule is Cc1ccc(OCCCn2cnc3scc(-c4ccc(C)c(C)c4)c3c2=O)cc1. The smallest absolute Gasteiger partial charge is 0.262 e. The van der Waals surface area contributed by atoms with Crippen LogP contribution >= 0.6 is 11.3 Å². The molecule has 148 valence electrons. The van der Waals surface area contributed by atoms with Crippen molar-refractivity contribution in [2.75, 3.05) is 6.61 Å². The van der Waals surface area contributed by atoms with Gasteiger partial charge in [0.05, 0.1) is 18.3 Å². The van der Waals surface area contributed by atoms with Gasteiger partial charge in [-0.3, -0.25) is 9.36 Å². The number of thiophene rings is 1. The molecule has 29 heavy (non-hydrogen) atoms. The monoisotopic (exact) mass is 404 g/mol. The Hall–Kier alpha value is -2.92. The van der Waals surface area contributed by atoms with Crippen molar-refractivity contribution in [1.29, 1.82) is 0 Å². The summed E-state index contributed by atoms with van der Waals surface area (Å²) in [5, 5.41) is 2.74. The number of fused-ring (bicyclic) bond motifs is 1. The van der Waals surface area contributed by atoms with Crippen molar-refractivity contribution in [3.05, 3.63) is 81.2 Å². The van der Waals surface area contributed by atoms with Gasteiger partial charge in [0.15, 0.2) is 0 Å². The Kier molecular flexibility index (Phi) is 5.49. The molecule has 5 heteroatoms. The molecule has 0 radical (unpaired) electrons. The molecule has 0 amide bonds. The number of aryl methyl sites for hydroxylation is 4. The Labute approximate surface area is 174 Å². The summed E-state index contributed by atoms with van der Waals surface area (Å²) in [6.45, 7) is 7.38. The number of nitrogens with zero attached hydrogens (tertiary/aromatic N) is 2. The van der Waals surface area contributed by atoms with Crippen molar-refractivity contribution in [2.45, 2.75) is 33.7 Å². The standard InChI is InChI=1S/C24H24N2O2S/c1-16-5-9-20(10-6-16)28-12-4-11-26-15-25-23-22(24(26)27)21(14-29-23)19-8-7-17(2)18(3)13-19/h5-10,13-15H,4,11-12H2,1-3H3. The van der Waals surface area contributed by atoms with E-state index in [1.165, 1.54) is 28.0 Å². The summed E-state index contributed by atoms with van der Waals surface area (Å²) >= 11 is 1.52. The van der Waals surface area contributed by atoms with E-state index in [1.54, 1.807) is 10.9 Å². The van der Waals surface area contributed by atoms with Crippen molar-refractivity contribution >= 4 is 21.6 Å². The summed E-state index contributed by atoms with van der Waals surface area (Å²) in [5.41, 5.74) is 5.73. The molecule has 4 nitrogen and oxygen atoms in total. The van der Waals surface area contributed by atoms with Gasteiger partial charge in [-0.05, 0) is 56.0 Å². The first kappa shape index (κ1) is 19.4. The van der Waals surface area contributed by atoms with Crippen LogP contribution in [0.25, 0.3) is 21.3 Å². The van der Waals surface area contributed by atoms with Gasteiger partial charge in [0.25, 0.3) is 5.56 Å². The molecule has 0 saturated carbocycles. The molecule has 0 unspecified atom stereocenters. The van der Waals surface area contributed by atoms with Crippen LogP contribution in [0.3, 0.4) is 0 Å². The molecule has 2 aromatic heterocycles. The average molecular weight is 405 g/mol. The number of benzene rings is 2. The second-order valence-electron chi connectivity index (χ2n) is 7.39. The molecule has 0 aliphatic carbocycles. The minimum atomic E-state index is 0.0137. The molecule has 0 fully saturated rings. The maximum Gasteiger partial charge on any atom is 0.262 e. The molecule has 4 rings (SSSR count). The van der Waals surface area contributed by atoms with Gasteiger partial charge < -0.3 is 4.74 Å². The van der Waals surface area contributed by atoms with E-state index >= 15 is 0 Å². The van der Waals surface area contributed by atoms with Gasteiger partial charge in [0.1, 0.15) is 10.6 Å². The second kappa shape index (κ2) is 8.21. The van der Waals surface area contributed by atoms with Crippen LogP contribution in [0.4, 0.5) is 0 Å². The van der Waals surface area contributed by atoms with Crippen molar-refractivity contribution in [3.63, 3.8) is 0 Å². The zero-order valence-corrected chi connectivity index (χ0v) is 17.8. The highest BCUT2D eigenvalue weighted by molar-refractivity contribution is 7.17. The maximum atomic E-state index is 13.1. The van der Waals surface area contributed by atoms with Crippen molar-refractivity contribution < 1.29 is 4.74 Å². The Morgan fingerprint density at radius 2 is 1.83 bits per heavy atom. The van der Waals surface area contributed by atoms with Gasteiger partial charge in [-0.2, -0.15) is 0 Å². The van der Waals surface area contributed by atoms with Gasteiger partial charge in [0, 0.05) is 17.5 Å². The highest BCUT2D eigenvalue weighted by atomic mass is 32.1. The highest BCUT2D eigenvalue weighted by Gasteiger charge is 2.13. The van der Waals surface area contributed by atoms with E-state index in [0.717, 1.165) is 28.1 Å². The van der Waals surface area contributed by atoms with Crippen molar-refractivity contribution in [1.82, 2.24) is 9.55 Å². The number of aromatic nitrogens is 2. The third-order valence-electron chi connectivity index (χ3n) is 5.21. The maximum absolute atomic E-state index is 13.1. The van der Waals surface area contributed by atoms with E-state index in [4.69, 9.17) is 4.74 Å². The Morgan fingerprint density at radius 3 is 2.59 bits per heavy atom. The summed E-state index contributed by atoms with van der Waals surface area (Å²) in [4.78, 5) is 18.4. The summed E-state index contributed by atoms with van der Waals surface area (Å²) in [5.74, 6) is 0.853. The van der Waals surface area contributed by atoms with Gasteiger partial charge in [0.2, 0.25) is 0 Å². The number of hydrogen-bond acceptors (Lipinski definition) is 4. The van der Waals surface area contributed by atoms with Crippen LogP contribution in [0.15, 0.2) is 59.0 Å². The molecule has 0 N–H and O–H groups in total. The molecule has 2 aromatic carbocycles. The fourth-order valence-electron chi connectivity index (χ4n) is 3.31. The first-order valence-corrected chi connectivity index (χ1v) is 10.6. The lowest BCUT2D eigenvalue weighted by atomic mass is 10.0. The lowest BCUT2D eigenvalue weighted by Gasteiger charge is -2.09. The van der Waals surface area contributed by atoms with Gasteiger partial charge >= 0.3 is 0 Å². The van der Waals surface area contributed by atoms with Gasteiger partial charge in [-0.15, -0.1) is 11.3 Å². The largest absolute Gasteiger partial charge is 0.494 e. The molecule has 2 heterocycles. The van der Waals surface area contributed by atoms with Gasteiger partial charge in [-0.25, -0.2) is 4.98 Å². The normalized spacial score (nSPS) is 11.1. The molecule has 0 bridgehead atoms. The molecular weight excluding hydrogens is 380 g/mol. The third kappa shape index (κ3) is 4.10. The molecular formula is C24H24N2O2S. The number of hydrogen-bond donors (Lipinski definition) is 0. The Morgan fingerprint density at radius 1 is 1.03 bits per heavy atom. The number of rotatable bonds is 6. The van der Waals surface area contributed by atoms with E-state index in [2.05, 4.69) is 44.0 Å². The summed E-state index contributed by atoms with van der Waals surface area (Å²) in [6, 6.07) is 14.3. The predicted molar refractivity (Wildman–Crippen MR) is 120 cm³/mol. The average Bonchev–Trinajstić information content (AvgIpc) is 3.15. The van der Waals surface area contributed by atoms with Gasteiger partial charge in [-0.1, -0.05) is 35.9 Å². The molecule has 0 aliphatic heterocycles. The Bertz CT molecular complexity index is 1210. The van der Waals surface area contributed by atoms with Crippen LogP contribution in [-0.2, 0) is 6.54 Å². The first-order chi connectivity index (χ1) is 14.0. The Balaban J connectivity index is 1.53. The fourth-order valence-corrected chi connectivity index (χ4v) is 4.21. The highest BCUT2D eigenvalue weighted by Crippen LogP contribution is 2.31. The predicted octanol–water partition coefficient (Wildman–Crippen LogP) is 5.52. The first-order valence-electron chi connectivity index (χ1n) is 9.76. The molecule has 0 spiro atoms. The summed E-state index contributed by atoms with van der Waals surface area (Å²) in [6.07, 6.45) is 2.39. The van der Waals surface area contributed by atoms with Crippen LogP contribution in [0.5, 0.6) is 5.75 Å². The lowest BCUT2D eigenvalue weighted by Crippen LogP contribution is -2.21. The molecule has 0 saturated heterocycles. The van der Waals surface area contributed by atoms with E-state index in [-0.39, 0.29) is 5.56 Å². The molecule has 0 atom stereocenters. The van der Waals surface area contributed by atoms with Crippen LogP contribution in [0.2, 0.25) is 0 Å². The number of ether oxygens (including phenoxy) is 1. The zero-order chi connectivity index (χ0) is 20.4. The zero-order valence-electron chi connectivity index (χ0n) is 16.9. The van der Waals surface area contributed by atoms with Crippen molar-refractivity contribution in [3.8, 4) is 16.9 Å². The minimum Gasteiger partial charge on any atom is -0.494 e. The lowest BCUT2D eigenvalue weighted by molar-refractivity contribution is 0.301. The van der Waals surface area contributed by atoms with Crippen LogP contribution in [0.1, 0.15) is 23.1 Å². The van der Waals surface area contributed by atoms with E-state index in [0.29, 0.717) is 18.5 Å². The third-order valence-corrected chi connectivity index (χ3v) is 6.10. The molecule has 4 aromatic rings. The van der Waals surface area contributed by atoms with Crippen LogP contribution in [-0.4, -0.2) is 16.2 Å². The summed E-state index contributed by atoms with van der Waals surface area (Å²) < 4.78 is 7.47. The van der Waals surface area contributed by atoms with E-state index in [1.807, 2.05) is 29.6 Å². The van der Waals surface area contributed by atoms with Crippen LogP contribution in [0, 0.1) is 20.8 Å². The second-order valence-corrected chi connectivity index (χ2v) is 8.24. The van der Waals surface area contributed by atoms with E-state index in [9.17, 15) is 4.79 Å². The van der Waals surface area contributed by atoms with E-state index < -0.39 is 0 Å². The summed E-state index contributed by atoms with van der Waals surface area (Å²) in [7, 11) is 0. The fraction of sp³-hybridized carbons (Fsp3) is 0.250. The van der Waals surface area contributed by atoms with Crippen LogP contribution < -0.4 is 10.3 Å². The quantitative estimate of drug-likeness (QED) is 0.398. The molecule has 0 aliphatic rings.